The van der Waals surface area contributed by atoms with Crippen LogP contribution in [-0.4, -0.2) is 54.4 Å². The predicted octanol–water partition coefficient (Wildman–Crippen LogP) is 3.56. The van der Waals surface area contributed by atoms with E-state index in [-0.39, 0.29) is 24.2 Å². The first-order valence-corrected chi connectivity index (χ1v) is 10.7. The SMILES string of the molecule is Cc1cccc(CN2CCN(C(=O)COc3cccc(NC(=O)c4ccco4)c3)CC2)c1. The van der Waals surface area contributed by atoms with E-state index in [0.717, 1.165) is 19.6 Å². The molecule has 7 nitrogen and oxygen atoms in total. The molecule has 0 unspecified atom stereocenters. The van der Waals surface area contributed by atoms with Crippen molar-refractivity contribution < 1.29 is 18.7 Å². The molecule has 0 atom stereocenters. The van der Waals surface area contributed by atoms with Gasteiger partial charge in [-0.25, -0.2) is 0 Å². The maximum Gasteiger partial charge on any atom is 0.291 e. The lowest BCUT2D eigenvalue weighted by atomic mass is 10.1. The molecule has 0 radical (unpaired) electrons. The van der Waals surface area contributed by atoms with Crippen LogP contribution in [0.3, 0.4) is 0 Å². The lowest BCUT2D eigenvalue weighted by Crippen LogP contribution is -2.49. The van der Waals surface area contributed by atoms with Crippen LogP contribution in [0.2, 0.25) is 0 Å². The van der Waals surface area contributed by atoms with Crippen LogP contribution in [0.1, 0.15) is 21.7 Å². The molecule has 2 aromatic carbocycles. The Bertz CT molecular complexity index is 1060. The zero-order valence-corrected chi connectivity index (χ0v) is 18.1. The number of anilines is 1. The third kappa shape index (κ3) is 5.76. The van der Waals surface area contributed by atoms with E-state index in [1.165, 1.54) is 17.4 Å². The highest BCUT2D eigenvalue weighted by Gasteiger charge is 2.21. The van der Waals surface area contributed by atoms with E-state index in [4.69, 9.17) is 9.15 Å². The second-order valence-corrected chi connectivity index (χ2v) is 7.89. The lowest BCUT2D eigenvalue weighted by Gasteiger charge is -2.34. The number of nitrogens with zero attached hydrogens (tertiary/aromatic N) is 2. The summed E-state index contributed by atoms with van der Waals surface area (Å²) in [7, 11) is 0. The summed E-state index contributed by atoms with van der Waals surface area (Å²) in [5.74, 6) is 0.374. The van der Waals surface area contributed by atoms with E-state index in [1.807, 2.05) is 4.90 Å². The van der Waals surface area contributed by atoms with Crippen molar-refractivity contribution in [1.82, 2.24) is 9.80 Å². The molecule has 1 aromatic heterocycles. The third-order valence-corrected chi connectivity index (χ3v) is 5.41. The van der Waals surface area contributed by atoms with Gasteiger partial charge in [0.2, 0.25) is 0 Å². The Morgan fingerprint density at radius 1 is 1.00 bits per heavy atom. The van der Waals surface area contributed by atoms with E-state index in [0.29, 0.717) is 24.5 Å². The molecule has 32 heavy (non-hydrogen) atoms. The Balaban J connectivity index is 1.23. The summed E-state index contributed by atoms with van der Waals surface area (Å²) in [4.78, 5) is 28.9. The molecule has 2 amide bonds. The van der Waals surface area contributed by atoms with Crippen molar-refractivity contribution in [2.24, 2.45) is 0 Å². The zero-order valence-electron chi connectivity index (χ0n) is 18.1. The van der Waals surface area contributed by atoms with E-state index in [1.54, 1.807) is 36.4 Å². The summed E-state index contributed by atoms with van der Waals surface area (Å²) in [6, 6.07) is 18.7. The Hall–Kier alpha value is -3.58. The van der Waals surface area contributed by atoms with Gasteiger partial charge in [0.15, 0.2) is 12.4 Å². The van der Waals surface area contributed by atoms with Gasteiger partial charge in [0.25, 0.3) is 11.8 Å². The molecule has 166 valence electrons. The molecule has 0 saturated carbocycles. The van der Waals surface area contributed by atoms with Crippen molar-refractivity contribution >= 4 is 17.5 Å². The summed E-state index contributed by atoms with van der Waals surface area (Å²) in [6.07, 6.45) is 1.45. The van der Waals surface area contributed by atoms with Crippen LogP contribution < -0.4 is 10.1 Å². The van der Waals surface area contributed by atoms with Gasteiger partial charge in [-0.3, -0.25) is 14.5 Å². The number of hydrogen-bond acceptors (Lipinski definition) is 5. The summed E-state index contributed by atoms with van der Waals surface area (Å²) >= 11 is 0. The number of amides is 2. The lowest BCUT2D eigenvalue weighted by molar-refractivity contribution is -0.135. The highest BCUT2D eigenvalue weighted by Crippen LogP contribution is 2.19. The van der Waals surface area contributed by atoms with Crippen molar-refractivity contribution in [3.8, 4) is 5.75 Å². The molecule has 1 saturated heterocycles. The maximum atomic E-state index is 12.6. The molecule has 4 rings (SSSR count). The van der Waals surface area contributed by atoms with E-state index < -0.39 is 0 Å². The number of carbonyl (C=O) groups excluding carboxylic acids is 2. The minimum atomic E-state index is -0.341. The van der Waals surface area contributed by atoms with Gasteiger partial charge in [-0.05, 0) is 36.8 Å². The molecule has 1 N–H and O–H groups in total. The molecule has 3 aromatic rings. The van der Waals surface area contributed by atoms with Crippen molar-refractivity contribution in [2.75, 3.05) is 38.1 Å². The Kier molecular flexibility index (Phi) is 6.87. The van der Waals surface area contributed by atoms with E-state index in [9.17, 15) is 9.59 Å². The number of piperazine rings is 1. The Morgan fingerprint density at radius 2 is 1.81 bits per heavy atom. The first-order valence-electron chi connectivity index (χ1n) is 10.7. The van der Waals surface area contributed by atoms with Crippen molar-refractivity contribution in [3.05, 3.63) is 83.8 Å². The molecule has 0 spiro atoms. The number of furan rings is 1. The highest BCUT2D eigenvalue weighted by molar-refractivity contribution is 6.02. The van der Waals surface area contributed by atoms with Gasteiger partial charge in [0.05, 0.1) is 6.26 Å². The van der Waals surface area contributed by atoms with Gasteiger partial charge in [-0.15, -0.1) is 0 Å². The number of hydrogen-bond donors (Lipinski definition) is 1. The summed E-state index contributed by atoms with van der Waals surface area (Å²) < 4.78 is 10.8. The first-order chi connectivity index (χ1) is 15.6. The van der Waals surface area contributed by atoms with Gasteiger partial charge in [0, 0.05) is 44.5 Å². The number of aryl methyl sites for hydroxylation is 1. The average molecular weight is 434 g/mol. The van der Waals surface area contributed by atoms with Crippen LogP contribution in [0.25, 0.3) is 0 Å². The third-order valence-electron chi connectivity index (χ3n) is 5.41. The summed E-state index contributed by atoms with van der Waals surface area (Å²) in [5, 5.41) is 2.75. The second kappa shape index (κ2) is 10.2. The van der Waals surface area contributed by atoms with E-state index >= 15 is 0 Å². The van der Waals surface area contributed by atoms with Crippen LogP contribution >= 0.6 is 0 Å². The molecule has 2 heterocycles. The summed E-state index contributed by atoms with van der Waals surface area (Å²) in [6.45, 7) is 6.02. The molecule has 1 fully saturated rings. The minimum absolute atomic E-state index is 0.0343. The van der Waals surface area contributed by atoms with Crippen LogP contribution in [0, 0.1) is 6.92 Å². The summed E-state index contributed by atoms with van der Waals surface area (Å²) in [5.41, 5.74) is 3.13. The Morgan fingerprint density at radius 3 is 2.56 bits per heavy atom. The van der Waals surface area contributed by atoms with Gasteiger partial charge in [-0.2, -0.15) is 0 Å². The quantitative estimate of drug-likeness (QED) is 0.617. The second-order valence-electron chi connectivity index (χ2n) is 7.89. The Labute approximate surface area is 187 Å². The molecule has 0 aliphatic carbocycles. The smallest absolute Gasteiger partial charge is 0.291 e. The number of nitrogens with one attached hydrogen (secondary N) is 1. The fraction of sp³-hybridized carbons (Fsp3) is 0.280. The molecule has 1 aliphatic heterocycles. The van der Waals surface area contributed by atoms with Crippen LogP contribution in [-0.2, 0) is 11.3 Å². The van der Waals surface area contributed by atoms with Crippen LogP contribution in [0.5, 0.6) is 5.75 Å². The molecule has 0 bridgehead atoms. The fourth-order valence-corrected chi connectivity index (χ4v) is 3.72. The number of rotatable bonds is 7. The highest BCUT2D eigenvalue weighted by atomic mass is 16.5. The number of carbonyl (C=O) groups is 2. The van der Waals surface area contributed by atoms with Crippen LogP contribution in [0.4, 0.5) is 5.69 Å². The zero-order chi connectivity index (χ0) is 22.3. The predicted molar refractivity (Wildman–Crippen MR) is 122 cm³/mol. The molecule has 7 heteroatoms. The van der Waals surface area contributed by atoms with Crippen molar-refractivity contribution in [3.63, 3.8) is 0 Å². The molecular formula is C25H27N3O4. The van der Waals surface area contributed by atoms with E-state index in [2.05, 4.69) is 41.4 Å². The fourth-order valence-electron chi connectivity index (χ4n) is 3.72. The average Bonchev–Trinajstić information content (AvgIpc) is 3.34. The number of ether oxygens (including phenoxy) is 1. The van der Waals surface area contributed by atoms with Gasteiger partial charge in [0.1, 0.15) is 5.75 Å². The topological polar surface area (TPSA) is 75.0 Å². The number of benzene rings is 2. The van der Waals surface area contributed by atoms with Crippen molar-refractivity contribution in [2.45, 2.75) is 13.5 Å². The largest absolute Gasteiger partial charge is 0.484 e. The molecular weight excluding hydrogens is 406 g/mol. The van der Waals surface area contributed by atoms with Crippen LogP contribution in [0.15, 0.2) is 71.3 Å². The van der Waals surface area contributed by atoms with Crippen molar-refractivity contribution in [1.29, 1.82) is 0 Å². The standard InChI is InChI=1S/C25H27N3O4/c1-19-5-2-6-20(15-19)17-27-10-12-28(13-11-27)24(29)18-32-22-8-3-7-21(16-22)26-25(30)23-9-4-14-31-23/h2-9,14-16H,10-13,17-18H2,1H3,(H,26,30). The first kappa shape index (κ1) is 21.6. The van der Waals surface area contributed by atoms with Gasteiger partial charge >= 0.3 is 0 Å². The van der Waals surface area contributed by atoms with Gasteiger partial charge < -0.3 is 19.4 Å². The van der Waals surface area contributed by atoms with Gasteiger partial charge in [-0.1, -0.05) is 35.9 Å². The molecule has 1 aliphatic rings. The maximum absolute atomic E-state index is 12.6. The normalized spacial score (nSPS) is 14.2. The minimum Gasteiger partial charge on any atom is -0.484 e. The monoisotopic (exact) mass is 433 g/mol.